The second-order valence-corrected chi connectivity index (χ2v) is 3.64. The van der Waals surface area contributed by atoms with E-state index < -0.39 is 6.10 Å². The van der Waals surface area contributed by atoms with E-state index in [1.54, 1.807) is 0 Å². The number of hydrogen-bond donors (Lipinski definition) is 2. The molecule has 0 spiro atoms. The van der Waals surface area contributed by atoms with Crippen molar-refractivity contribution in [1.82, 2.24) is 0 Å². The number of aliphatic hydroxyl groups is 2. The summed E-state index contributed by atoms with van der Waals surface area (Å²) in [5, 5.41) is 18.2. The van der Waals surface area contributed by atoms with Gasteiger partial charge in [0.1, 0.15) is 6.10 Å². The monoisotopic (exact) mass is 182 g/mol. The van der Waals surface area contributed by atoms with E-state index in [1.807, 2.05) is 0 Å². The average molecular weight is 182 g/mol. The van der Waals surface area contributed by atoms with Crippen molar-refractivity contribution in [2.24, 2.45) is 5.92 Å². The van der Waals surface area contributed by atoms with Crippen LogP contribution in [0.25, 0.3) is 0 Å². The SMILES string of the molecule is OCCC#CC(O)C1CCCCC1. The van der Waals surface area contributed by atoms with Gasteiger partial charge in [0.25, 0.3) is 0 Å². The van der Waals surface area contributed by atoms with E-state index in [0.717, 1.165) is 12.8 Å². The molecule has 13 heavy (non-hydrogen) atoms. The third-order valence-corrected chi connectivity index (χ3v) is 2.58. The Kier molecular flexibility index (Phi) is 4.88. The number of aliphatic hydroxyl groups excluding tert-OH is 2. The Labute approximate surface area is 80.0 Å². The lowest BCUT2D eigenvalue weighted by Gasteiger charge is -2.23. The Morgan fingerprint density at radius 1 is 1.23 bits per heavy atom. The van der Waals surface area contributed by atoms with Crippen molar-refractivity contribution in [3.05, 3.63) is 0 Å². The molecule has 0 radical (unpaired) electrons. The van der Waals surface area contributed by atoms with Crippen molar-refractivity contribution in [1.29, 1.82) is 0 Å². The summed E-state index contributed by atoms with van der Waals surface area (Å²) in [4.78, 5) is 0. The van der Waals surface area contributed by atoms with Gasteiger partial charge in [-0.2, -0.15) is 0 Å². The van der Waals surface area contributed by atoms with Crippen molar-refractivity contribution in [2.45, 2.75) is 44.6 Å². The van der Waals surface area contributed by atoms with Crippen molar-refractivity contribution < 1.29 is 10.2 Å². The fraction of sp³-hybridized carbons (Fsp3) is 0.818. The maximum atomic E-state index is 9.65. The molecule has 0 aliphatic heterocycles. The van der Waals surface area contributed by atoms with Gasteiger partial charge >= 0.3 is 0 Å². The minimum absolute atomic E-state index is 0.0877. The summed E-state index contributed by atoms with van der Waals surface area (Å²) < 4.78 is 0. The highest BCUT2D eigenvalue weighted by Crippen LogP contribution is 2.25. The molecule has 1 aliphatic rings. The van der Waals surface area contributed by atoms with Crippen LogP contribution in [0.1, 0.15) is 38.5 Å². The minimum Gasteiger partial charge on any atom is -0.395 e. The summed E-state index contributed by atoms with van der Waals surface area (Å²) in [5.41, 5.74) is 0. The Balaban J connectivity index is 2.29. The van der Waals surface area contributed by atoms with Crippen LogP contribution >= 0.6 is 0 Å². The maximum absolute atomic E-state index is 9.65. The van der Waals surface area contributed by atoms with Gasteiger partial charge in [0.05, 0.1) is 6.61 Å². The highest BCUT2D eigenvalue weighted by atomic mass is 16.3. The van der Waals surface area contributed by atoms with Gasteiger partial charge in [0.2, 0.25) is 0 Å². The maximum Gasteiger partial charge on any atom is 0.117 e. The zero-order chi connectivity index (χ0) is 9.52. The molecule has 0 aromatic heterocycles. The van der Waals surface area contributed by atoms with Crippen LogP contribution in [0.4, 0.5) is 0 Å². The molecule has 1 atom stereocenters. The lowest BCUT2D eigenvalue weighted by atomic mass is 9.85. The van der Waals surface area contributed by atoms with E-state index in [9.17, 15) is 5.11 Å². The van der Waals surface area contributed by atoms with Crippen molar-refractivity contribution in [2.75, 3.05) is 6.61 Å². The van der Waals surface area contributed by atoms with E-state index in [1.165, 1.54) is 19.3 Å². The molecule has 1 saturated carbocycles. The van der Waals surface area contributed by atoms with Crippen LogP contribution in [0.3, 0.4) is 0 Å². The summed E-state index contributed by atoms with van der Waals surface area (Å²) in [5.74, 6) is 5.96. The Morgan fingerprint density at radius 3 is 2.54 bits per heavy atom. The van der Waals surface area contributed by atoms with Crippen LogP contribution < -0.4 is 0 Å². The molecular formula is C11H18O2. The molecule has 1 aliphatic carbocycles. The quantitative estimate of drug-likeness (QED) is 0.632. The molecule has 2 heteroatoms. The largest absolute Gasteiger partial charge is 0.395 e. The first-order valence-electron chi connectivity index (χ1n) is 5.12. The van der Waals surface area contributed by atoms with Crippen LogP contribution in [-0.2, 0) is 0 Å². The highest BCUT2D eigenvalue weighted by Gasteiger charge is 2.19. The van der Waals surface area contributed by atoms with Gasteiger partial charge in [-0.05, 0) is 18.8 Å². The summed E-state index contributed by atoms with van der Waals surface area (Å²) in [7, 11) is 0. The van der Waals surface area contributed by atoms with E-state index in [2.05, 4.69) is 11.8 Å². The van der Waals surface area contributed by atoms with Crippen LogP contribution in [0.15, 0.2) is 0 Å². The minimum atomic E-state index is -0.466. The highest BCUT2D eigenvalue weighted by molar-refractivity contribution is 5.06. The van der Waals surface area contributed by atoms with Crippen molar-refractivity contribution in [3.63, 3.8) is 0 Å². The lowest BCUT2D eigenvalue weighted by Crippen LogP contribution is -2.21. The smallest absolute Gasteiger partial charge is 0.117 e. The molecular weight excluding hydrogens is 164 g/mol. The first kappa shape index (κ1) is 10.6. The molecule has 1 unspecified atom stereocenters. The molecule has 0 saturated heterocycles. The normalized spacial score (nSPS) is 20.5. The first-order chi connectivity index (χ1) is 6.34. The molecule has 74 valence electrons. The van der Waals surface area contributed by atoms with Crippen LogP contribution in [0, 0.1) is 17.8 Å². The number of rotatable bonds is 2. The van der Waals surface area contributed by atoms with Gasteiger partial charge in [-0.1, -0.05) is 31.1 Å². The van der Waals surface area contributed by atoms with E-state index in [0.29, 0.717) is 12.3 Å². The van der Waals surface area contributed by atoms with Gasteiger partial charge < -0.3 is 10.2 Å². The second-order valence-electron chi connectivity index (χ2n) is 3.64. The van der Waals surface area contributed by atoms with Gasteiger partial charge in [0.15, 0.2) is 0 Å². The Bertz CT molecular complexity index is 184. The standard InChI is InChI=1S/C11H18O2/c12-9-5-4-8-11(13)10-6-2-1-3-7-10/h10-13H,1-3,5-7,9H2. The predicted molar refractivity (Wildman–Crippen MR) is 52.1 cm³/mol. The van der Waals surface area contributed by atoms with Gasteiger partial charge in [-0.15, -0.1) is 0 Å². The molecule has 2 N–H and O–H groups in total. The first-order valence-corrected chi connectivity index (χ1v) is 5.12. The Morgan fingerprint density at radius 2 is 1.92 bits per heavy atom. The van der Waals surface area contributed by atoms with Crippen molar-refractivity contribution in [3.8, 4) is 11.8 Å². The molecule has 0 aromatic carbocycles. The molecule has 2 nitrogen and oxygen atoms in total. The van der Waals surface area contributed by atoms with Crippen molar-refractivity contribution >= 4 is 0 Å². The lowest BCUT2D eigenvalue weighted by molar-refractivity contribution is 0.133. The summed E-state index contributed by atoms with van der Waals surface area (Å²) in [6.07, 6.45) is 5.97. The molecule has 0 heterocycles. The summed E-state index contributed by atoms with van der Waals surface area (Å²) in [6.45, 7) is 0.0877. The molecule has 0 amide bonds. The predicted octanol–water partition coefficient (Wildman–Crippen LogP) is 1.31. The molecule has 1 fully saturated rings. The third-order valence-electron chi connectivity index (χ3n) is 2.58. The van der Waals surface area contributed by atoms with Gasteiger partial charge in [-0.3, -0.25) is 0 Å². The second kappa shape index (κ2) is 6.01. The fourth-order valence-corrected chi connectivity index (χ4v) is 1.80. The van der Waals surface area contributed by atoms with Crippen LogP contribution in [0.5, 0.6) is 0 Å². The summed E-state index contributed by atoms with van der Waals surface area (Å²) in [6, 6.07) is 0. The molecule has 0 bridgehead atoms. The van der Waals surface area contributed by atoms with E-state index in [-0.39, 0.29) is 6.61 Å². The van der Waals surface area contributed by atoms with Crippen LogP contribution in [-0.4, -0.2) is 22.9 Å². The fourth-order valence-electron chi connectivity index (χ4n) is 1.80. The topological polar surface area (TPSA) is 40.5 Å². The Hall–Kier alpha value is -0.520. The number of hydrogen-bond acceptors (Lipinski definition) is 2. The molecule has 1 rings (SSSR count). The zero-order valence-electron chi connectivity index (χ0n) is 8.00. The van der Waals surface area contributed by atoms with E-state index >= 15 is 0 Å². The molecule has 0 aromatic rings. The van der Waals surface area contributed by atoms with E-state index in [4.69, 9.17) is 5.11 Å². The van der Waals surface area contributed by atoms with Gasteiger partial charge in [0, 0.05) is 6.42 Å². The average Bonchev–Trinajstić information content (AvgIpc) is 2.19. The van der Waals surface area contributed by atoms with Crippen LogP contribution in [0.2, 0.25) is 0 Å². The third kappa shape index (κ3) is 3.80. The van der Waals surface area contributed by atoms with Gasteiger partial charge in [-0.25, -0.2) is 0 Å². The summed E-state index contributed by atoms with van der Waals surface area (Å²) >= 11 is 0. The zero-order valence-corrected chi connectivity index (χ0v) is 8.00.